The zero-order valence-electron chi connectivity index (χ0n) is 7.28. The number of hydrogen-bond donors (Lipinski definition) is 0. The van der Waals surface area contributed by atoms with Crippen molar-refractivity contribution in [3.63, 3.8) is 0 Å². The summed E-state index contributed by atoms with van der Waals surface area (Å²) in [6.45, 7) is 8.63. The maximum Gasteiger partial charge on any atom is 0.0540 e. The third-order valence-corrected chi connectivity index (χ3v) is 4.69. The van der Waals surface area contributed by atoms with Crippen molar-refractivity contribution in [3.8, 4) is 0 Å². The van der Waals surface area contributed by atoms with Crippen molar-refractivity contribution in [2.75, 3.05) is 0 Å². The number of hydrogen-bond acceptors (Lipinski definition) is 0. The zero-order valence-corrected chi connectivity index (χ0v) is 8.04. The molecule has 0 nitrogen and oxygen atoms in total. The van der Waals surface area contributed by atoms with Crippen LogP contribution in [0.3, 0.4) is 0 Å². The van der Waals surface area contributed by atoms with E-state index in [2.05, 4.69) is 20.4 Å². The van der Waals surface area contributed by atoms with Crippen molar-refractivity contribution in [1.82, 2.24) is 0 Å². The van der Waals surface area contributed by atoms with Gasteiger partial charge in [-0.05, 0) is 25.2 Å². The number of rotatable bonds is 0. The van der Waals surface area contributed by atoms with Crippen molar-refractivity contribution in [2.45, 2.75) is 38.0 Å². The Morgan fingerprint density at radius 2 is 2.18 bits per heavy atom. The van der Waals surface area contributed by atoms with Gasteiger partial charge >= 0.3 is 0 Å². The molecule has 0 spiro atoms. The van der Waals surface area contributed by atoms with Crippen LogP contribution >= 0.6 is 11.6 Å². The molecule has 2 aliphatic rings. The first-order valence-electron chi connectivity index (χ1n) is 4.35. The highest BCUT2D eigenvalue weighted by Crippen LogP contribution is 2.64. The van der Waals surface area contributed by atoms with Crippen molar-refractivity contribution in [2.24, 2.45) is 11.3 Å². The quantitative estimate of drug-likeness (QED) is 0.386. The fraction of sp³-hybridized carbons (Fsp3) is 0.800. The van der Waals surface area contributed by atoms with Gasteiger partial charge in [-0.25, -0.2) is 0 Å². The van der Waals surface area contributed by atoms with Crippen LogP contribution in [-0.2, 0) is 0 Å². The SMILES string of the molecule is C=C1C2CCC(Cl)(C2)C1(C)C. The summed E-state index contributed by atoms with van der Waals surface area (Å²) in [5, 5.41) is 0. The first-order chi connectivity index (χ1) is 4.97. The molecule has 0 radical (unpaired) electrons. The second-order valence-corrected chi connectivity index (χ2v) is 5.28. The molecule has 0 heterocycles. The molecule has 1 heteroatoms. The van der Waals surface area contributed by atoms with E-state index in [9.17, 15) is 0 Å². The molecule has 2 unspecified atom stereocenters. The molecule has 2 rings (SSSR count). The Kier molecular flexibility index (Phi) is 1.29. The van der Waals surface area contributed by atoms with E-state index in [1.807, 2.05) is 0 Å². The van der Waals surface area contributed by atoms with Crippen LogP contribution in [0.2, 0.25) is 0 Å². The largest absolute Gasteiger partial charge is 0.118 e. The van der Waals surface area contributed by atoms with E-state index in [0.29, 0.717) is 0 Å². The molecule has 62 valence electrons. The van der Waals surface area contributed by atoms with E-state index in [4.69, 9.17) is 11.6 Å². The van der Waals surface area contributed by atoms with Gasteiger partial charge in [0.25, 0.3) is 0 Å². The fourth-order valence-electron chi connectivity index (χ4n) is 2.66. The van der Waals surface area contributed by atoms with Crippen LogP contribution in [0.5, 0.6) is 0 Å². The second kappa shape index (κ2) is 1.85. The molecule has 0 N–H and O–H groups in total. The minimum atomic E-state index is 0.0503. The van der Waals surface area contributed by atoms with Gasteiger partial charge in [0, 0.05) is 5.41 Å². The Labute approximate surface area is 73.6 Å². The molecule has 0 aromatic rings. The normalized spacial score (nSPS) is 46.8. The van der Waals surface area contributed by atoms with Crippen LogP contribution < -0.4 is 0 Å². The summed E-state index contributed by atoms with van der Waals surface area (Å²) in [4.78, 5) is 0.0503. The molecular formula is C10H15Cl. The minimum absolute atomic E-state index is 0.0503. The van der Waals surface area contributed by atoms with Gasteiger partial charge in [-0.2, -0.15) is 0 Å². The lowest BCUT2D eigenvalue weighted by Gasteiger charge is -2.38. The van der Waals surface area contributed by atoms with Crippen LogP contribution in [0.1, 0.15) is 33.1 Å². The van der Waals surface area contributed by atoms with Crippen LogP contribution in [0, 0.1) is 11.3 Å². The predicted octanol–water partition coefficient (Wildman–Crippen LogP) is 3.36. The highest BCUT2D eigenvalue weighted by Gasteiger charge is 2.58. The van der Waals surface area contributed by atoms with Gasteiger partial charge in [0.15, 0.2) is 0 Å². The molecule has 2 fully saturated rings. The zero-order chi connectivity index (χ0) is 8.28. The number of alkyl halides is 1. The molecule has 2 aliphatic carbocycles. The van der Waals surface area contributed by atoms with Crippen LogP contribution in [-0.4, -0.2) is 4.87 Å². The molecule has 0 aromatic carbocycles. The Balaban J connectivity index is 2.44. The highest BCUT2D eigenvalue weighted by atomic mass is 35.5. The van der Waals surface area contributed by atoms with Gasteiger partial charge < -0.3 is 0 Å². The van der Waals surface area contributed by atoms with Crippen LogP contribution in [0.4, 0.5) is 0 Å². The molecular weight excluding hydrogens is 156 g/mol. The molecule has 0 saturated heterocycles. The monoisotopic (exact) mass is 170 g/mol. The number of fused-ring (bicyclic) bond motifs is 2. The second-order valence-electron chi connectivity index (χ2n) is 4.56. The van der Waals surface area contributed by atoms with E-state index in [-0.39, 0.29) is 10.3 Å². The highest BCUT2D eigenvalue weighted by molar-refractivity contribution is 6.25. The van der Waals surface area contributed by atoms with Crippen molar-refractivity contribution >= 4 is 11.6 Å². The van der Waals surface area contributed by atoms with E-state index < -0.39 is 0 Å². The van der Waals surface area contributed by atoms with Gasteiger partial charge in [0.2, 0.25) is 0 Å². The lowest BCUT2D eigenvalue weighted by atomic mass is 9.73. The average molecular weight is 171 g/mol. The van der Waals surface area contributed by atoms with Gasteiger partial charge in [0.1, 0.15) is 0 Å². The summed E-state index contributed by atoms with van der Waals surface area (Å²) in [6.07, 6.45) is 3.62. The van der Waals surface area contributed by atoms with Crippen molar-refractivity contribution in [1.29, 1.82) is 0 Å². The average Bonchev–Trinajstić information content (AvgIpc) is 2.36. The summed E-state index contributed by atoms with van der Waals surface area (Å²) in [6, 6.07) is 0. The van der Waals surface area contributed by atoms with Gasteiger partial charge in [-0.3, -0.25) is 0 Å². The van der Waals surface area contributed by atoms with Gasteiger partial charge in [-0.15, -0.1) is 11.6 Å². The van der Waals surface area contributed by atoms with Gasteiger partial charge in [0.05, 0.1) is 4.87 Å². The molecule has 0 aliphatic heterocycles. The summed E-state index contributed by atoms with van der Waals surface area (Å²) < 4.78 is 0. The molecule has 2 saturated carbocycles. The standard InChI is InChI=1S/C10H15Cl/c1-7-8-4-5-10(11,6-8)9(7,2)3/h8H,1,4-6H2,2-3H3. The predicted molar refractivity (Wildman–Crippen MR) is 48.8 cm³/mol. The first-order valence-corrected chi connectivity index (χ1v) is 4.73. The fourth-order valence-corrected chi connectivity index (χ4v) is 3.08. The third kappa shape index (κ3) is 0.717. The molecule has 11 heavy (non-hydrogen) atoms. The van der Waals surface area contributed by atoms with Crippen molar-refractivity contribution < 1.29 is 0 Å². The first kappa shape index (κ1) is 7.67. The Bertz CT molecular complexity index is 217. The summed E-state index contributed by atoms with van der Waals surface area (Å²) in [7, 11) is 0. The topological polar surface area (TPSA) is 0 Å². The maximum absolute atomic E-state index is 6.52. The maximum atomic E-state index is 6.52. The summed E-state index contributed by atoms with van der Waals surface area (Å²) in [5.74, 6) is 0.725. The summed E-state index contributed by atoms with van der Waals surface area (Å²) >= 11 is 6.52. The molecule has 2 bridgehead atoms. The van der Waals surface area contributed by atoms with E-state index >= 15 is 0 Å². The molecule has 0 amide bonds. The smallest absolute Gasteiger partial charge is 0.0540 e. The lowest BCUT2D eigenvalue weighted by molar-refractivity contribution is 0.318. The molecule has 0 aromatic heterocycles. The minimum Gasteiger partial charge on any atom is -0.118 e. The van der Waals surface area contributed by atoms with E-state index in [1.165, 1.54) is 24.8 Å². The van der Waals surface area contributed by atoms with Gasteiger partial charge in [-0.1, -0.05) is 26.0 Å². The summed E-state index contributed by atoms with van der Waals surface area (Å²) in [5.41, 5.74) is 1.57. The number of allylic oxidation sites excluding steroid dienone is 1. The van der Waals surface area contributed by atoms with E-state index in [0.717, 1.165) is 5.92 Å². The van der Waals surface area contributed by atoms with Crippen LogP contribution in [0.25, 0.3) is 0 Å². The van der Waals surface area contributed by atoms with E-state index in [1.54, 1.807) is 0 Å². The van der Waals surface area contributed by atoms with Crippen molar-refractivity contribution in [3.05, 3.63) is 12.2 Å². The Morgan fingerprint density at radius 1 is 1.55 bits per heavy atom. The lowest BCUT2D eigenvalue weighted by Crippen LogP contribution is -2.35. The third-order valence-electron chi connectivity index (χ3n) is 3.87. The van der Waals surface area contributed by atoms with Crippen LogP contribution in [0.15, 0.2) is 12.2 Å². The molecule has 2 atom stereocenters. The Hall–Kier alpha value is 0.0300. The Morgan fingerprint density at radius 3 is 2.45 bits per heavy atom. The number of halogens is 1.